The number of rotatable bonds is 7. The van der Waals surface area contributed by atoms with E-state index in [-0.39, 0.29) is 11.9 Å². The molecular formula is C23H30N4O2. The second-order valence-corrected chi connectivity index (χ2v) is 7.52. The molecule has 0 saturated heterocycles. The first kappa shape index (κ1) is 20.8. The zero-order valence-electron chi connectivity index (χ0n) is 16.8. The van der Waals surface area contributed by atoms with E-state index in [9.17, 15) is 9.59 Å². The fourth-order valence-electron chi connectivity index (χ4n) is 3.59. The summed E-state index contributed by atoms with van der Waals surface area (Å²) in [6.45, 7) is 1.13. The summed E-state index contributed by atoms with van der Waals surface area (Å²) in [7, 11) is 0. The van der Waals surface area contributed by atoms with Crippen LogP contribution in [-0.2, 0) is 11.3 Å². The van der Waals surface area contributed by atoms with E-state index in [0.717, 1.165) is 18.4 Å². The number of urea groups is 1. The molecule has 3 rings (SSSR count). The minimum absolute atomic E-state index is 0.134. The average Bonchev–Trinajstić information content (AvgIpc) is 2.74. The van der Waals surface area contributed by atoms with Gasteiger partial charge in [-0.05, 0) is 37.0 Å². The van der Waals surface area contributed by atoms with Gasteiger partial charge < -0.3 is 15.2 Å². The quantitative estimate of drug-likeness (QED) is 0.707. The van der Waals surface area contributed by atoms with Crippen LogP contribution < -0.4 is 16.1 Å². The Morgan fingerprint density at radius 2 is 1.76 bits per heavy atom. The maximum Gasteiger partial charge on any atom is 0.315 e. The third-order valence-electron chi connectivity index (χ3n) is 5.15. The highest BCUT2D eigenvalue weighted by Gasteiger charge is 2.15. The van der Waals surface area contributed by atoms with Gasteiger partial charge in [0.2, 0.25) is 5.91 Å². The molecule has 1 fully saturated rings. The van der Waals surface area contributed by atoms with Crippen molar-refractivity contribution in [3.8, 4) is 0 Å². The van der Waals surface area contributed by atoms with E-state index < -0.39 is 0 Å². The molecule has 0 unspecified atom stereocenters. The topological polar surface area (TPSA) is 75.5 Å². The summed E-state index contributed by atoms with van der Waals surface area (Å²) in [4.78, 5) is 28.5. The van der Waals surface area contributed by atoms with Crippen LogP contribution in [-0.4, -0.2) is 29.1 Å². The van der Waals surface area contributed by atoms with Gasteiger partial charge in [0.05, 0.1) is 0 Å². The van der Waals surface area contributed by atoms with Crippen LogP contribution in [0.3, 0.4) is 0 Å². The van der Waals surface area contributed by atoms with Gasteiger partial charge in [0.1, 0.15) is 5.49 Å². The molecule has 2 aromatic rings. The van der Waals surface area contributed by atoms with Crippen LogP contribution in [0.5, 0.6) is 0 Å². The molecule has 2 N–H and O–H groups in total. The summed E-state index contributed by atoms with van der Waals surface area (Å²) in [5.41, 5.74) is 1.80. The molecule has 0 bridgehead atoms. The number of benzene rings is 1. The largest absolute Gasteiger partial charge is 0.338 e. The SMILES string of the molecule is O=C(CCCNC(=O)NC1CCCCC1)N=c1ccccn1Cc1ccccc1. The number of nitrogens with one attached hydrogen (secondary N) is 2. The van der Waals surface area contributed by atoms with Crippen molar-refractivity contribution in [3.63, 3.8) is 0 Å². The molecule has 3 amide bonds. The minimum atomic E-state index is -0.174. The highest BCUT2D eigenvalue weighted by atomic mass is 16.2. The van der Waals surface area contributed by atoms with Crippen molar-refractivity contribution < 1.29 is 9.59 Å². The van der Waals surface area contributed by atoms with E-state index in [0.29, 0.717) is 37.5 Å². The van der Waals surface area contributed by atoms with Crippen LogP contribution in [0.4, 0.5) is 4.79 Å². The molecule has 0 radical (unpaired) electrons. The molecule has 1 saturated carbocycles. The number of hydrogen-bond donors (Lipinski definition) is 2. The van der Waals surface area contributed by atoms with E-state index >= 15 is 0 Å². The predicted octanol–water partition coefficient (Wildman–Crippen LogP) is 3.38. The van der Waals surface area contributed by atoms with Crippen molar-refractivity contribution in [1.29, 1.82) is 0 Å². The molecule has 1 aliphatic carbocycles. The van der Waals surface area contributed by atoms with Gasteiger partial charge >= 0.3 is 6.03 Å². The van der Waals surface area contributed by atoms with Gasteiger partial charge in [-0.2, -0.15) is 4.99 Å². The van der Waals surface area contributed by atoms with E-state index in [4.69, 9.17) is 0 Å². The summed E-state index contributed by atoms with van der Waals surface area (Å²) in [6, 6.07) is 15.9. The molecule has 0 aliphatic heterocycles. The minimum Gasteiger partial charge on any atom is -0.338 e. The second-order valence-electron chi connectivity index (χ2n) is 7.52. The Morgan fingerprint density at radius 3 is 2.55 bits per heavy atom. The fraction of sp³-hybridized carbons (Fsp3) is 0.435. The lowest BCUT2D eigenvalue weighted by Crippen LogP contribution is -2.43. The predicted molar refractivity (Wildman–Crippen MR) is 113 cm³/mol. The van der Waals surface area contributed by atoms with Gasteiger partial charge in [0.25, 0.3) is 0 Å². The maximum atomic E-state index is 12.3. The van der Waals surface area contributed by atoms with Gasteiger partial charge in [0.15, 0.2) is 0 Å². The van der Waals surface area contributed by atoms with E-state index in [1.165, 1.54) is 19.3 Å². The number of nitrogens with zero attached hydrogens (tertiary/aromatic N) is 2. The highest BCUT2D eigenvalue weighted by molar-refractivity contribution is 5.77. The molecule has 0 atom stereocenters. The van der Waals surface area contributed by atoms with Crippen LogP contribution in [0.25, 0.3) is 0 Å². The summed E-state index contributed by atoms with van der Waals surface area (Å²) in [6.07, 6.45) is 8.56. The van der Waals surface area contributed by atoms with Gasteiger partial charge in [-0.15, -0.1) is 0 Å². The third kappa shape index (κ3) is 7.22. The van der Waals surface area contributed by atoms with Crippen molar-refractivity contribution in [2.75, 3.05) is 6.54 Å². The molecule has 1 aromatic carbocycles. The number of carbonyl (C=O) groups excluding carboxylic acids is 2. The van der Waals surface area contributed by atoms with Crippen LogP contribution in [0.1, 0.15) is 50.5 Å². The van der Waals surface area contributed by atoms with Gasteiger partial charge in [-0.25, -0.2) is 4.79 Å². The smallest absolute Gasteiger partial charge is 0.315 e. The van der Waals surface area contributed by atoms with Crippen molar-refractivity contribution in [2.24, 2.45) is 4.99 Å². The van der Waals surface area contributed by atoms with Gasteiger partial charge in [-0.1, -0.05) is 55.7 Å². The number of carbonyl (C=O) groups is 2. The Kier molecular flexibility index (Phi) is 8.04. The molecule has 154 valence electrons. The molecule has 0 spiro atoms. The molecule has 29 heavy (non-hydrogen) atoms. The number of aromatic nitrogens is 1. The number of amides is 3. The summed E-state index contributed by atoms with van der Waals surface area (Å²) < 4.78 is 1.96. The Labute approximate surface area is 172 Å². The van der Waals surface area contributed by atoms with Crippen LogP contribution in [0, 0.1) is 0 Å². The van der Waals surface area contributed by atoms with Gasteiger partial charge in [-0.3, -0.25) is 4.79 Å². The van der Waals surface area contributed by atoms with E-state index in [1.54, 1.807) is 0 Å². The first-order valence-electron chi connectivity index (χ1n) is 10.5. The summed E-state index contributed by atoms with van der Waals surface area (Å²) in [5.74, 6) is -0.174. The molecule has 1 heterocycles. The fourth-order valence-corrected chi connectivity index (χ4v) is 3.59. The first-order valence-corrected chi connectivity index (χ1v) is 10.5. The Morgan fingerprint density at radius 1 is 1.00 bits per heavy atom. The van der Waals surface area contributed by atoms with Crippen molar-refractivity contribution in [3.05, 3.63) is 65.8 Å². The standard InChI is InChI=1S/C23H30N4O2/c28-22(15-9-16-24-23(29)25-20-12-5-2-6-13-20)26-21-14-7-8-17-27(21)18-19-10-3-1-4-11-19/h1,3-4,7-8,10-11,14,17,20H,2,5-6,9,12-13,15-16,18H2,(H2,24,25,29). The zero-order valence-corrected chi connectivity index (χ0v) is 16.8. The van der Waals surface area contributed by atoms with Crippen molar-refractivity contribution in [1.82, 2.24) is 15.2 Å². The van der Waals surface area contributed by atoms with Crippen LogP contribution >= 0.6 is 0 Å². The maximum absolute atomic E-state index is 12.3. The second kappa shape index (κ2) is 11.2. The lowest BCUT2D eigenvalue weighted by molar-refractivity contribution is -0.118. The Balaban J connectivity index is 1.45. The molecular weight excluding hydrogens is 364 g/mol. The van der Waals surface area contributed by atoms with Gasteiger partial charge in [0, 0.05) is 31.7 Å². The summed E-state index contributed by atoms with van der Waals surface area (Å²) in [5, 5.41) is 5.86. The normalized spacial score (nSPS) is 15.1. The van der Waals surface area contributed by atoms with Crippen molar-refractivity contribution >= 4 is 11.9 Å². The van der Waals surface area contributed by atoms with E-state index in [2.05, 4.69) is 27.8 Å². The average molecular weight is 395 g/mol. The zero-order chi connectivity index (χ0) is 20.3. The monoisotopic (exact) mass is 394 g/mol. The van der Waals surface area contributed by atoms with Crippen molar-refractivity contribution in [2.45, 2.75) is 57.5 Å². The summed E-state index contributed by atoms with van der Waals surface area (Å²) >= 11 is 0. The highest BCUT2D eigenvalue weighted by Crippen LogP contribution is 2.17. The number of pyridine rings is 1. The Bertz CT molecular complexity index is 854. The number of hydrogen-bond acceptors (Lipinski definition) is 2. The van der Waals surface area contributed by atoms with Crippen LogP contribution in [0.2, 0.25) is 0 Å². The first-order chi connectivity index (χ1) is 14.2. The Hall–Kier alpha value is -2.89. The molecule has 1 aliphatic rings. The lowest BCUT2D eigenvalue weighted by Gasteiger charge is -2.22. The molecule has 6 heteroatoms. The molecule has 1 aromatic heterocycles. The lowest BCUT2D eigenvalue weighted by atomic mass is 9.96. The van der Waals surface area contributed by atoms with Crippen LogP contribution in [0.15, 0.2) is 59.7 Å². The molecule has 6 nitrogen and oxygen atoms in total. The third-order valence-corrected chi connectivity index (χ3v) is 5.15. The van der Waals surface area contributed by atoms with E-state index in [1.807, 2.05) is 47.2 Å².